The van der Waals surface area contributed by atoms with E-state index in [1.165, 1.54) is 6.07 Å². The van der Waals surface area contributed by atoms with Gasteiger partial charge in [0, 0.05) is 18.7 Å². The van der Waals surface area contributed by atoms with Gasteiger partial charge in [-0.3, -0.25) is 10.1 Å². The lowest BCUT2D eigenvalue weighted by atomic mass is 9.97. The molecule has 2 rings (SSSR count). The third-order valence-corrected chi connectivity index (χ3v) is 3.98. The van der Waals surface area contributed by atoms with Crippen LogP contribution in [0.4, 0.5) is 11.4 Å². The zero-order valence-corrected chi connectivity index (χ0v) is 12.1. The summed E-state index contributed by atoms with van der Waals surface area (Å²) in [6.07, 6.45) is 5.21. The molecule has 0 spiro atoms. The van der Waals surface area contributed by atoms with E-state index >= 15 is 0 Å². The number of carboxylic acids is 1. The Morgan fingerprint density at radius 1 is 1.48 bits per heavy atom. The minimum absolute atomic E-state index is 0.0468. The van der Waals surface area contributed by atoms with Crippen LogP contribution in [0.5, 0.6) is 0 Å². The lowest BCUT2D eigenvalue weighted by molar-refractivity contribution is -0.384. The van der Waals surface area contributed by atoms with Crippen molar-refractivity contribution in [2.24, 2.45) is 0 Å². The highest BCUT2D eigenvalue weighted by Gasteiger charge is 2.28. The van der Waals surface area contributed by atoms with Gasteiger partial charge in [-0.05, 0) is 37.8 Å². The number of aromatic carboxylic acids is 1. The summed E-state index contributed by atoms with van der Waals surface area (Å²) in [5.41, 5.74) is 0.385. The number of carbonyl (C=O) groups is 1. The average molecular weight is 292 g/mol. The van der Waals surface area contributed by atoms with Gasteiger partial charge >= 0.3 is 5.97 Å². The molecular formula is C15H20N2O4. The van der Waals surface area contributed by atoms with Crippen LogP contribution in [-0.4, -0.2) is 28.6 Å². The molecule has 0 aliphatic carbocycles. The Morgan fingerprint density at radius 2 is 2.24 bits per heavy atom. The first-order valence-corrected chi connectivity index (χ1v) is 7.33. The number of nitrogens with zero attached hydrogens (tertiary/aromatic N) is 2. The second-order valence-electron chi connectivity index (χ2n) is 5.40. The third-order valence-electron chi connectivity index (χ3n) is 3.98. The lowest BCUT2D eigenvalue weighted by Gasteiger charge is -2.37. The molecule has 21 heavy (non-hydrogen) atoms. The largest absolute Gasteiger partial charge is 0.478 e. The van der Waals surface area contributed by atoms with Gasteiger partial charge in [0.1, 0.15) is 5.69 Å². The minimum Gasteiger partial charge on any atom is -0.478 e. The molecule has 0 amide bonds. The van der Waals surface area contributed by atoms with E-state index < -0.39 is 10.9 Å². The van der Waals surface area contributed by atoms with E-state index in [2.05, 4.69) is 11.8 Å². The van der Waals surface area contributed by atoms with Crippen LogP contribution in [0.25, 0.3) is 0 Å². The Labute approximate surface area is 123 Å². The van der Waals surface area contributed by atoms with Crippen molar-refractivity contribution in [2.45, 2.75) is 45.1 Å². The van der Waals surface area contributed by atoms with Gasteiger partial charge in [-0.25, -0.2) is 4.79 Å². The normalized spacial score (nSPS) is 18.5. The molecule has 1 unspecified atom stereocenters. The number of carboxylic acid groups (broad SMARTS) is 1. The molecule has 1 atom stereocenters. The van der Waals surface area contributed by atoms with E-state index in [-0.39, 0.29) is 11.3 Å². The number of piperidine rings is 1. The summed E-state index contributed by atoms with van der Waals surface area (Å²) in [6.45, 7) is 2.90. The number of nitro benzene ring substituents is 1. The van der Waals surface area contributed by atoms with Crippen LogP contribution in [0.1, 0.15) is 49.4 Å². The van der Waals surface area contributed by atoms with Gasteiger partial charge in [0.2, 0.25) is 0 Å². The lowest BCUT2D eigenvalue weighted by Crippen LogP contribution is -2.39. The Bertz CT molecular complexity index is 542. The Kier molecular flexibility index (Phi) is 4.77. The predicted octanol–water partition coefficient (Wildman–Crippen LogP) is 3.45. The van der Waals surface area contributed by atoms with E-state index in [4.69, 9.17) is 5.11 Å². The molecule has 1 fully saturated rings. The van der Waals surface area contributed by atoms with Crippen LogP contribution in [0.3, 0.4) is 0 Å². The van der Waals surface area contributed by atoms with Crippen LogP contribution < -0.4 is 4.90 Å². The molecule has 0 aromatic heterocycles. The first kappa shape index (κ1) is 15.3. The second-order valence-corrected chi connectivity index (χ2v) is 5.40. The minimum atomic E-state index is -1.14. The molecule has 114 valence electrons. The first-order valence-electron chi connectivity index (χ1n) is 7.33. The SMILES string of the molecule is CCCC1CCCCN1c1ccc(C(=O)O)cc1[N+](=O)[O-]. The summed E-state index contributed by atoms with van der Waals surface area (Å²) in [5, 5.41) is 20.3. The quantitative estimate of drug-likeness (QED) is 0.663. The number of nitro groups is 1. The van der Waals surface area contributed by atoms with E-state index in [0.29, 0.717) is 11.7 Å². The summed E-state index contributed by atoms with van der Waals surface area (Å²) in [4.78, 5) is 23.9. The Morgan fingerprint density at radius 3 is 2.86 bits per heavy atom. The molecule has 1 aromatic rings. The maximum Gasteiger partial charge on any atom is 0.335 e. The van der Waals surface area contributed by atoms with Crippen molar-refractivity contribution in [1.82, 2.24) is 0 Å². The van der Waals surface area contributed by atoms with Gasteiger partial charge in [-0.1, -0.05) is 13.3 Å². The Hall–Kier alpha value is -2.11. The summed E-state index contributed by atoms with van der Waals surface area (Å²) >= 11 is 0. The summed E-state index contributed by atoms with van der Waals surface area (Å²) in [5.74, 6) is -1.14. The van der Waals surface area contributed by atoms with Crippen LogP contribution >= 0.6 is 0 Å². The highest BCUT2D eigenvalue weighted by atomic mass is 16.6. The molecule has 1 saturated heterocycles. The number of anilines is 1. The standard InChI is InChI=1S/C15H20N2O4/c1-2-5-12-6-3-4-9-16(12)13-8-7-11(15(18)19)10-14(13)17(20)21/h7-8,10,12H,2-6,9H2,1H3,(H,18,19). The van der Waals surface area contributed by atoms with E-state index in [9.17, 15) is 14.9 Å². The molecule has 0 bridgehead atoms. The highest BCUT2D eigenvalue weighted by molar-refractivity contribution is 5.89. The monoisotopic (exact) mass is 292 g/mol. The van der Waals surface area contributed by atoms with Gasteiger partial charge in [0.05, 0.1) is 10.5 Å². The van der Waals surface area contributed by atoms with Gasteiger partial charge < -0.3 is 10.0 Å². The van der Waals surface area contributed by atoms with Gasteiger partial charge in [-0.15, -0.1) is 0 Å². The molecule has 1 heterocycles. The maximum absolute atomic E-state index is 11.3. The zero-order valence-electron chi connectivity index (χ0n) is 12.1. The molecule has 1 aliphatic rings. The molecule has 0 saturated carbocycles. The molecule has 1 aliphatic heterocycles. The van der Waals surface area contributed by atoms with Crippen molar-refractivity contribution in [3.8, 4) is 0 Å². The smallest absolute Gasteiger partial charge is 0.335 e. The summed E-state index contributed by atoms with van der Waals surface area (Å²) in [6, 6.07) is 4.49. The van der Waals surface area contributed by atoms with Crippen LogP contribution in [0.2, 0.25) is 0 Å². The molecular weight excluding hydrogens is 272 g/mol. The molecule has 1 N–H and O–H groups in total. The molecule has 6 heteroatoms. The molecule has 0 radical (unpaired) electrons. The maximum atomic E-state index is 11.3. The van der Waals surface area contributed by atoms with Crippen molar-refractivity contribution in [1.29, 1.82) is 0 Å². The van der Waals surface area contributed by atoms with Crippen molar-refractivity contribution >= 4 is 17.3 Å². The topological polar surface area (TPSA) is 83.7 Å². The number of hydrogen-bond acceptors (Lipinski definition) is 4. The fraction of sp³-hybridized carbons (Fsp3) is 0.533. The van der Waals surface area contributed by atoms with Crippen LogP contribution in [0.15, 0.2) is 18.2 Å². The number of hydrogen-bond donors (Lipinski definition) is 1. The zero-order chi connectivity index (χ0) is 15.4. The molecule has 6 nitrogen and oxygen atoms in total. The van der Waals surface area contributed by atoms with Crippen molar-refractivity contribution < 1.29 is 14.8 Å². The summed E-state index contributed by atoms with van der Waals surface area (Å²) in [7, 11) is 0. The Balaban J connectivity index is 2.41. The van der Waals surface area contributed by atoms with Crippen molar-refractivity contribution in [3.05, 3.63) is 33.9 Å². The van der Waals surface area contributed by atoms with Crippen LogP contribution in [-0.2, 0) is 0 Å². The molecule has 1 aromatic carbocycles. The van der Waals surface area contributed by atoms with Crippen molar-refractivity contribution in [3.63, 3.8) is 0 Å². The average Bonchev–Trinajstić information content (AvgIpc) is 2.47. The predicted molar refractivity (Wildman–Crippen MR) is 79.9 cm³/mol. The van der Waals surface area contributed by atoms with Crippen LogP contribution in [0, 0.1) is 10.1 Å². The first-order chi connectivity index (χ1) is 10.0. The summed E-state index contributed by atoms with van der Waals surface area (Å²) < 4.78 is 0. The van der Waals surface area contributed by atoms with Gasteiger partial charge in [0.25, 0.3) is 5.69 Å². The fourth-order valence-electron chi connectivity index (χ4n) is 3.00. The number of rotatable bonds is 5. The van der Waals surface area contributed by atoms with Crippen molar-refractivity contribution in [2.75, 3.05) is 11.4 Å². The second kappa shape index (κ2) is 6.56. The van der Waals surface area contributed by atoms with E-state index in [1.807, 2.05) is 0 Å². The highest BCUT2D eigenvalue weighted by Crippen LogP contribution is 2.34. The fourth-order valence-corrected chi connectivity index (χ4v) is 3.00. The van der Waals surface area contributed by atoms with E-state index in [1.54, 1.807) is 6.07 Å². The van der Waals surface area contributed by atoms with Gasteiger partial charge in [0.15, 0.2) is 0 Å². The van der Waals surface area contributed by atoms with E-state index in [0.717, 1.165) is 44.7 Å². The third kappa shape index (κ3) is 3.32. The number of benzene rings is 1. The van der Waals surface area contributed by atoms with Gasteiger partial charge in [-0.2, -0.15) is 0 Å².